The summed E-state index contributed by atoms with van der Waals surface area (Å²) in [4.78, 5) is 22.9. The van der Waals surface area contributed by atoms with E-state index < -0.39 is 5.97 Å². The molecule has 0 aliphatic carbocycles. The van der Waals surface area contributed by atoms with Crippen LogP contribution in [0.25, 0.3) is 0 Å². The van der Waals surface area contributed by atoms with E-state index in [1.165, 1.54) is 53.8 Å². The lowest BCUT2D eigenvalue weighted by atomic mass is 10.1. The predicted octanol–water partition coefficient (Wildman–Crippen LogP) is 9.79. The van der Waals surface area contributed by atoms with Crippen LogP contribution >= 0.6 is 24.0 Å². The molecule has 8 heteroatoms. The Morgan fingerprint density at radius 3 is 2.10 bits per heavy atom. The molecule has 0 bridgehead atoms. The molecule has 0 aromatic carbocycles. The van der Waals surface area contributed by atoms with Gasteiger partial charge in [0.05, 0.1) is 0 Å². The Kier molecular flexibility index (Phi) is 32.3. The average molecular weight is 617 g/mol. The van der Waals surface area contributed by atoms with Crippen molar-refractivity contribution in [3.8, 4) is 0 Å². The molecule has 1 unspecified atom stereocenters. The quantitative estimate of drug-likeness (QED) is 0.147. The summed E-state index contributed by atoms with van der Waals surface area (Å²) in [5.41, 5.74) is 1.86. The first-order valence-corrected chi connectivity index (χ1v) is 17.1. The molecule has 41 heavy (non-hydrogen) atoms. The number of unbranched alkanes of at least 4 members (excludes halogenated alkanes) is 4. The van der Waals surface area contributed by atoms with Crippen LogP contribution in [-0.4, -0.2) is 39.2 Å². The van der Waals surface area contributed by atoms with Crippen LogP contribution in [0, 0.1) is 24.4 Å². The number of carboxylic acid groups (broad SMARTS) is 1. The van der Waals surface area contributed by atoms with Crippen molar-refractivity contribution < 1.29 is 14.6 Å². The van der Waals surface area contributed by atoms with Gasteiger partial charge in [-0.15, -0.1) is 11.8 Å². The highest BCUT2D eigenvalue weighted by atomic mass is 32.2. The maximum atomic E-state index is 11.4. The van der Waals surface area contributed by atoms with Gasteiger partial charge in [0.1, 0.15) is 4.64 Å². The molecule has 6 nitrogen and oxygen atoms in total. The van der Waals surface area contributed by atoms with Gasteiger partial charge in [0.15, 0.2) is 0 Å². The van der Waals surface area contributed by atoms with E-state index in [2.05, 4.69) is 54.5 Å². The Balaban J connectivity index is -0.000000473. The minimum atomic E-state index is -0.675. The van der Waals surface area contributed by atoms with Crippen molar-refractivity contribution in [3.63, 3.8) is 0 Å². The van der Waals surface area contributed by atoms with Crippen LogP contribution in [0.3, 0.4) is 0 Å². The van der Waals surface area contributed by atoms with Gasteiger partial charge in [-0.2, -0.15) is 0 Å². The molecule has 0 fully saturated rings. The molecule has 0 saturated heterocycles. The van der Waals surface area contributed by atoms with E-state index in [9.17, 15) is 9.59 Å². The summed E-state index contributed by atoms with van der Waals surface area (Å²) in [6.07, 6.45) is 14.3. The molecule has 1 aromatic rings. The zero-order chi connectivity index (χ0) is 32.2. The van der Waals surface area contributed by atoms with Crippen LogP contribution in [0.4, 0.5) is 0 Å². The van der Waals surface area contributed by atoms with E-state index in [1.807, 2.05) is 25.6 Å². The number of rotatable bonds is 16. The smallest absolute Gasteiger partial charge is 0.328 e. The zero-order valence-electron chi connectivity index (χ0n) is 28.4. The maximum absolute atomic E-state index is 11.4. The highest BCUT2D eigenvalue weighted by molar-refractivity contribution is 8.03. The van der Waals surface area contributed by atoms with Gasteiger partial charge in [-0.25, -0.2) is 4.79 Å². The summed E-state index contributed by atoms with van der Waals surface area (Å²) in [5.74, 6) is 1.43. The molecular weight excluding hydrogens is 553 g/mol. The second-order valence-electron chi connectivity index (χ2n) is 10.5. The van der Waals surface area contributed by atoms with Gasteiger partial charge in [-0.3, -0.25) is 9.36 Å². The van der Waals surface area contributed by atoms with Gasteiger partial charge in [0.2, 0.25) is 0 Å². The van der Waals surface area contributed by atoms with E-state index in [1.54, 1.807) is 18.7 Å². The summed E-state index contributed by atoms with van der Waals surface area (Å²) in [6.45, 7) is 21.1. The summed E-state index contributed by atoms with van der Waals surface area (Å²) < 4.78 is 9.06. The minimum Gasteiger partial charge on any atom is -0.481 e. The number of hydrogen-bond donors (Lipinski definition) is 1. The number of thioether (sulfide) groups is 1. The molecule has 0 amide bonds. The Morgan fingerprint density at radius 1 is 0.976 bits per heavy atom. The molecule has 242 valence electrons. The number of allylic oxidation sites excluding steroid dienone is 2. The van der Waals surface area contributed by atoms with E-state index in [4.69, 9.17) is 22.1 Å². The van der Waals surface area contributed by atoms with Gasteiger partial charge in [-0.1, -0.05) is 91.9 Å². The van der Waals surface area contributed by atoms with E-state index in [-0.39, 0.29) is 5.69 Å². The molecule has 0 spiro atoms. The van der Waals surface area contributed by atoms with Crippen LogP contribution in [-0.2, 0) is 23.6 Å². The van der Waals surface area contributed by atoms with Crippen molar-refractivity contribution >= 4 is 29.9 Å². The van der Waals surface area contributed by atoms with Gasteiger partial charge in [-0.05, 0) is 69.5 Å². The Hall–Kier alpha value is -1.38. The maximum Gasteiger partial charge on any atom is 0.328 e. The third-order valence-corrected chi connectivity index (χ3v) is 8.36. The number of hydrogen-bond acceptors (Lipinski definition) is 5. The first kappa shape index (κ1) is 44.1. The molecule has 1 rings (SSSR count). The van der Waals surface area contributed by atoms with Crippen molar-refractivity contribution in [2.45, 2.75) is 133 Å². The zero-order valence-corrected chi connectivity index (χ0v) is 30.1. The normalized spacial score (nSPS) is 11.3. The van der Waals surface area contributed by atoms with Crippen LogP contribution in [0.1, 0.15) is 130 Å². The average Bonchev–Trinajstić information content (AvgIpc) is 2.97. The highest BCUT2D eigenvalue weighted by Gasteiger charge is 2.04. The second kappa shape index (κ2) is 30.1. The van der Waals surface area contributed by atoms with Crippen LogP contribution in [0.5, 0.6) is 0 Å². The number of carbonyl (C=O) groups is 1. The molecule has 1 N–H and O–H groups in total. The lowest BCUT2D eigenvalue weighted by Gasteiger charge is -2.09. The first-order chi connectivity index (χ1) is 19.4. The lowest BCUT2D eigenvalue weighted by molar-refractivity contribution is -0.137. The summed E-state index contributed by atoms with van der Waals surface area (Å²) in [6, 6.07) is 0. The fourth-order valence-corrected chi connectivity index (χ4v) is 4.21. The van der Waals surface area contributed by atoms with E-state index in [0.717, 1.165) is 56.1 Å². The third-order valence-electron chi connectivity index (χ3n) is 6.54. The fraction of sp³-hybridized carbons (Fsp3) is 0.788. The Morgan fingerprint density at radius 2 is 1.61 bits per heavy atom. The van der Waals surface area contributed by atoms with Crippen molar-refractivity contribution in [2.75, 3.05) is 19.0 Å². The van der Waals surface area contributed by atoms with Crippen LogP contribution in [0.15, 0.2) is 15.8 Å². The first-order valence-electron chi connectivity index (χ1n) is 15.7. The molecular formula is C33H64N2O4S2. The SMILES string of the molecule is CCC/C=C(/C)SCCC.CCCCCCC(=O)O.CCCOCCC(C)CC.Cc1c(C)n(C)c(=O)n(C)c1=S. The summed E-state index contributed by atoms with van der Waals surface area (Å²) >= 11 is 7.06. The van der Waals surface area contributed by atoms with Crippen molar-refractivity contribution in [2.24, 2.45) is 20.0 Å². The molecule has 1 atom stereocenters. The van der Waals surface area contributed by atoms with Gasteiger partial charge in [0, 0.05) is 45.0 Å². The van der Waals surface area contributed by atoms with Gasteiger partial charge >= 0.3 is 11.7 Å². The Labute approximate surface area is 262 Å². The third kappa shape index (κ3) is 26.0. The molecule has 0 saturated carbocycles. The predicted molar refractivity (Wildman–Crippen MR) is 184 cm³/mol. The second-order valence-corrected chi connectivity index (χ2v) is 12.2. The number of nitrogens with zero attached hydrogens (tertiary/aromatic N) is 2. The van der Waals surface area contributed by atoms with Crippen LogP contribution < -0.4 is 5.69 Å². The minimum absolute atomic E-state index is 0.0666. The van der Waals surface area contributed by atoms with Gasteiger partial charge < -0.3 is 14.4 Å². The number of ether oxygens (including phenoxy) is 1. The molecule has 0 radical (unpaired) electrons. The number of carboxylic acids is 1. The van der Waals surface area contributed by atoms with Crippen molar-refractivity contribution in [1.29, 1.82) is 0 Å². The van der Waals surface area contributed by atoms with Gasteiger partial charge in [0.25, 0.3) is 0 Å². The number of aliphatic carboxylic acids is 1. The number of aromatic nitrogens is 2. The molecule has 0 aliphatic heterocycles. The fourth-order valence-electron chi connectivity index (χ4n) is 3.22. The van der Waals surface area contributed by atoms with E-state index in [0.29, 0.717) is 11.1 Å². The Bertz CT molecular complexity index is 886. The summed E-state index contributed by atoms with van der Waals surface area (Å²) in [5, 5.41) is 8.21. The molecule has 1 aromatic heterocycles. The highest BCUT2D eigenvalue weighted by Crippen LogP contribution is 2.16. The molecule has 0 aliphatic rings. The van der Waals surface area contributed by atoms with Crippen molar-refractivity contribution in [3.05, 3.63) is 37.4 Å². The van der Waals surface area contributed by atoms with E-state index >= 15 is 0 Å². The van der Waals surface area contributed by atoms with Crippen molar-refractivity contribution in [1.82, 2.24) is 9.13 Å². The monoisotopic (exact) mass is 616 g/mol. The topological polar surface area (TPSA) is 73.5 Å². The standard InChI is InChI=1S/C9H20O.C9H18S.C8H12N2OS.C7H14O2/c1-4-7-10-8-6-9(3)5-2;1-4-6-7-9(3)10-8-5-2;1-5-6(2)9(3)8(11)10(4)7(5)12;1-2-3-4-5-6-7(8)9/h9H,4-8H2,1-3H3;7H,4-6,8H2,1-3H3;1-4H3;2-6H2,1H3,(H,8,9)/b;9-7-;;. The largest absolute Gasteiger partial charge is 0.481 e. The summed E-state index contributed by atoms with van der Waals surface area (Å²) in [7, 11) is 3.44. The van der Waals surface area contributed by atoms with Crippen LogP contribution in [0.2, 0.25) is 0 Å². The lowest BCUT2D eigenvalue weighted by Crippen LogP contribution is -2.29. The molecule has 1 heterocycles.